The average molecular weight is 362 g/mol. The number of rotatable bonds is 5. The minimum atomic E-state index is -0.341. The van der Waals surface area contributed by atoms with Gasteiger partial charge in [-0.25, -0.2) is 14.8 Å². The normalized spacial score (nSPS) is 15.6. The van der Waals surface area contributed by atoms with Gasteiger partial charge in [-0.05, 0) is 30.9 Å². The van der Waals surface area contributed by atoms with E-state index in [4.69, 9.17) is 4.98 Å². The number of nitrogens with zero attached hydrogens (tertiary/aromatic N) is 4. The molecule has 0 saturated heterocycles. The molecule has 0 spiro atoms. The molecule has 0 amide bonds. The van der Waals surface area contributed by atoms with Crippen molar-refractivity contribution in [3.05, 3.63) is 26.7 Å². The highest BCUT2D eigenvalue weighted by Crippen LogP contribution is 2.34. The molecule has 0 bridgehead atoms. The topological polar surface area (TPSA) is 69.8 Å². The highest BCUT2D eigenvalue weighted by molar-refractivity contribution is 7.99. The molecule has 3 rings (SSSR count). The third-order valence-electron chi connectivity index (χ3n) is 4.94. The van der Waals surface area contributed by atoms with Crippen LogP contribution in [0.4, 0.5) is 0 Å². The summed E-state index contributed by atoms with van der Waals surface area (Å²) in [4.78, 5) is 34.4. The molecule has 1 fully saturated rings. The first-order chi connectivity index (χ1) is 11.9. The van der Waals surface area contributed by atoms with Crippen molar-refractivity contribution < 1.29 is 0 Å². The van der Waals surface area contributed by atoms with Crippen LogP contribution in [0.25, 0.3) is 11.0 Å². The molecule has 25 heavy (non-hydrogen) atoms. The van der Waals surface area contributed by atoms with Gasteiger partial charge in [0, 0.05) is 20.0 Å². The van der Waals surface area contributed by atoms with Gasteiger partial charge >= 0.3 is 5.69 Å². The third kappa shape index (κ3) is 3.52. The summed E-state index contributed by atoms with van der Waals surface area (Å²) in [6, 6.07) is 0. The SMILES string of the molecule is CC(C)CCSc1nc(C2CCCC2)nc2c1c(=O)n(C)c(=O)n2C. The molecule has 0 atom stereocenters. The average Bonchev–Trinajstić information content (AvgIpc) is 3.11. The summed E-state index contributed by atoms with van der Waals surface area (Å²) < 4.78 is 2.62. The lowest BCUT2D eigenvalue weighted by molar-refractivity contribution is 0.630. The molecular weight excluding hydrogens is 336 g/mol. The van der Waals surface area contributed by atoms with Crippen LogP contribution in [0.5, 0.6) is 0 Å². The van der Waals surface area contributed by atoms with Gasteiger partial charge in [-0.1, -0.05) is 26.7 Å². The second kappa shape index (κ2) is 7.32. The third-order valence-corrected chi connectivity index (χ3v) is 5.95. The van der Waals surface area contributed by atoms with Gasteiger partial charge in [0.25, 0.3) is 5.56 Å². The van der Waals surface area contributed by atoms with Crippen molar-refractivity contribution in [2.75, 3.05) is 5.75 Å². The van der Waals surface area contributed by atoms with Crippen LogP contribution in [0.3, 0.4) is 0 Å². The maximum Gasteiger partial charge on any atom is 0.332 e. The standard InChI is InChI=1S/C18H26N4O2S/c1-11(2)9-10-25-16-13-15(21(3)18(24)22(4)17(13)23)19-14(20-16)12-7-5-6-8-12/h11-12H,5-10H2,1-4H3. The van der Waals surface area contributed by atoms with Gasteiger partial charge in [0.2, 0.25) is 0 Å². The Morgan fingerprint density at radius 1 is 1.12 bits per heavy atom. The van der Waals surface area contributed by atoms with Crippen molar-refractivity contribution in [3.8, 4) is 0 Å². The summed E-state index contributed by atoms with van der Waals surface area (Å²) in [6.45, 7) is 4.37. The first-order valence-electron chi connectivity index (χ1n) is 9.00. The molecule has 0 radical (unpaired) electrons. The second-order valence-corrected chi connectivity index (χ2v) is 8.39. The van der Waals surface area contributed by atoms with Crippen LogP contribution in [0.1, 0.15) is 57.7 Å². The molecular formula is C18H26N4O2S. The van der Waals surface area contributed by atoms with Crippen LogP contribution < -0.4 is 11.2 Å². The monoisotopic (exact) mass is 362 g/mol. The number of aromatic nitrogens is 4. The van der Waals surface area contributed by atoms with Crippen molar-refractivity contribution in [2.45, 2.75) is 56.9 Å². The van der Waals surface area contributed by atoms with E-state index in [0.717, 1.165) is 40.4 Å². The first-order valence-corrected chi connectivity index (χ1v) is 9.99. The Labute approximate surface area is 151 Å². The minimum Gasteiger partial charge on any atom is -0.280 e. The lowest BCUT2D eigenvalue weighted by atomic mass is 10.1. The highest BCUT2D eigenvalue weighted by atomic mass is 32.2. The van der Waals surface area contributed by atoms with E-state index in [1.165, 1.54) is 24.5 Å². The summed E-state index contributed by atoms with van der Waals surface area (Å²) in [6.07, 6.45) is 5.61. The summed E-state index contributed by atoms with van der Waals surface area (Å²) in [5.74, 6) is 2.63. The lowest BCUT2D eigenvalue weighted by Crippen LogP contribution is -2.38. The molecule has 0 aromatic carbocycles. The largest absolute Gasteiger partial charge is 0.332 e. The molecule has 1 aliphatic carbocycles. The molecule has 0 aliphatic heterocycles. The molecule has 1 aliphatic rings. The van der Waals surface area contributed by atoms with Crippen LogP contribution >= 0.6 is 11.8 Å². The van der Waals surface area contributed by atoms with E-state index in [-0.39, 0.29) is 11.2 Å². The predicted octanol–water partition coefficient (Wildman–Crippen LogP) is 2.82. The Balaban J connectivity index is 2.18. The number of aryl methyl sites for hydroxylation is 1. The Hall–Kier alpha value is -1.63. The van der Waals surface area contributed by atoms with E-state index >= 15 is 0 Å². The second-order valence-electron chi connectivity index (χ2n) is 7.30. The van der Waals surface area contributed by atoms with Crippen LogP contribution in [-0.4, -0.2) is 24.9 Å². The number of fused-ring (bicyclic) bond motifs is 1. The van der Waals surface area contributed by atoms with Crippen LogP contribution in [0.15, 0.2) is 14.6 Å². The van der Waals surface area contributed by atoms with Crippen LogP contribution in [0, 0.1) is 5.92 Å². The Kier molecular flexibility index (Phi) is 5.32. The Morgan fingerprint density at radius 3 is 2.44 bits per heavy atom. The van der Waals surface area contributed by atoms with Crippen LogP contribution in [0.2, 0.25) is 0 Å². The summed E-state index contributed by atoms with van der Waals surface area (Å²) in [5.41, 5.74) is -0.174. The summed E-state index contributed by atoms with van der Waals surface area (Å²) >= 11 is 1.61. The van der Waals surface area contributed by atoms with Crippen molar-refractivity contribution >= 4 is 22.8 Å². The van der Waals surface area contributed by atoms with E-state index in [1.54, 1.807) is 18.8 Å². The molecule has 0 unspecified atom stereocenters. The molecule has 2 aromatic rings. The molecule has 136 valence electrons. The zero-order valence-corrected chi connectivity index (χ0v) is 16.2. The molecule has 2 heterocycles. The predicted molar refractivity (Wildman–Crippen MR) is 101 cm³/mol. The van der Waals surface area contributed by atoms with Gasteiger partial charge in [-0.2, -0.15) is 0 Å². The van der Waals surface area contributed by atoms with Gasteiger partial charge in [0.1, 0.15) is 16.2 Å². The smallest absolute Gasteiger partial charge is 0.280 e. The first kappa shape index (κ1) is 18.2. The molecule has 6 nitrogen and oxygen atoms in total. The number of hydrogen-bond acceptors (Lipinski definition) is 5. The van der Waals surface area contributed by atoms with Crippen molar-refractivity contribution in [3.63, 3.8) is 0 Å². The molecule has 7 heteroatoms. The van der Waals surface area contributed by atoms with Crippen molar-refractivity contribution in [1.82, 2.24) is 19.1 Å². The van der Waals surface area contributed by atoms with Crippen molar-refractivity contribution in [2.24, 2.45) is 20.0 Å². The van der Waals surface area contributed by atoms with Crippen molar-refractivity contribution in [1.29, 1.82) is 0 Å². The van der Waals surface area contributed by atoms with E-state index in [2.05, 4.69) is 18.8 Å². The van der Waals surface area contributed by atoms with E-state index < -0.39 is 0 Å². The van der Waals surface area contributed by atoms with E-state index in [0.29, 0.717) is 22.9 Å². The quantitative estimate of drug-likeness (QED) is 0.604. The van der Waals surface area contributed by atoms with Gasteiger partial charge in [-0.15, -0.1) is 11.8 Å². The van der Waals surface area contributed by atoms with Gasteiger partial charge in [-0.3, -0.25) is 13.9 Å². The van der Waals surface area contributed by atoms with Crippen LogP contribution in [-0.2, 0) is 14.1 Å². The highest BCUT2D eigenvalue weighted by Gasteiger charge is 2.24. The zero-order valence-electron chi connectivity index (χ0n) is 15.4. The van der Waals surface area contributed by atoms with Gasteiger partial charge < -0.3 is 0 Å². The number of hydrogen-bond donors (Lipinski definition) is 0. The Morgan fingerprint density at radius 2 is 1.80 bits per heavy atom. The zero-order chi connectivity index (χ0) is 18.1. The maximum absolute atomic E-state index is 12.7. The fourth-order valence-electron chi connectivity index (χ4n) is 3.31. The van der Waals surface area contributed by atoms with Gasteiger partial charge in [0.05, 0.1) is 0 Å². The fraction of sp³-hybridized carbons (Fsp3) is 0.667. The maximum atomic E-state index is 12.7. The van der Waals surface area contributed by atoms with Gasteiger partial charge in [0.15, 0.2) is 5.65 Å². The summed E-state index contributed by atoms with van der Waals surface area (Å²) in [7, 11) is 3.19. The molecule has 0 N–H and O–H groups in total. The minimum absolute atomic E-state index is 0.303. The Bertz CT molecular complexity index is 895. The molecule has 2 aromatic heterocycles. The fourth-order valence-corrected chi connectivity index (χ4v) is 4.57. The van der Waals surface area contributed by atoms with E-state index in [1.807, 2.05) is 0 Å². The summed E-state index contributed by atoms with van der Waals surface area (Å²) in [5, 5.41) is 1.20. The molecule has 1 saturated carbocycles. The lowest BCUT2D eigenvalue weighted by Gasteiger charge is -2.14. The number of thioether (sulfide) groups is 1. The van der Waals surface area contributed by atoms with E-state index in [9.17, 15) is 9.59 Å².